The van der Waals surface area contributed by atoms with Crippen LogP contribution < -0.4 is 0 Å². The summed E-state index contributed by atoms with van der Waals surface area (Å²) in [5.74, 6) is 0.921. The van der Waals surface area contributed by atoms with E-state index in [1.165, 1.54) is 10.9 Å². The maximum absolute atomic E-state index is 4.48. The molecule has 0 N–H and O–H groups in total. The highest BCUT2D eigenvalue weighted by Crippen LogP contribution is 2.34. The minimum absolute atomic E-state index is 0.921. The fraction of sp³-hybridized carbons (Fsp3) is 0. The highest BCUT2D eigenvalue weighted by molar-refractivity contribution is 9.10. The molecule has 2 heterocycles. The lowest BCUT2D eigenvalue weighted by molar-refractivity contribution is 1.03. The van der Waals surface area contributed by atoms with Crippen molar-refractivity contribution in [2.75, 3.05) is 0 Å². The number of allylic oxidation sites excluding steroid dienone is 2. The molecule has 94 valence electrons. The summed E-state index contributed by atoms with van der Waals surface area (Å²) < 4.78 is 3.24. The van der Waals surface area contributed by atoms with Gasteiger partial charge in [0.25, 0.3) is 0 Å². The Kier molecular flexibility index (Phi) is 2.56. The number of halogens is 1. The molecule has 0 aliphatic heterocycles. The van der Waals surface area contributed by atoms with Crippen LogP contribution in [0.1, 0.15) is 11.3 Å². The van der Waals surface area contributed by atoms with Crippen molar-refractivity contribution in [3.05, 3.63) is 70.5 Å². The topological polar surface area (TPSA) is 17.8 Å². The van der Waals surface area contributed by atoms with Gasteiger partial charge in [-0.1, -0.05) is 22.0 Å². The third kappa shape index (κ3) is 1.64. The van der Waals surface area contributed by atoms with Gasteiger partial charge in [0.1, 0.15) is 23.5 Å². The molecule has 20 heavy (non-hydrogen) atoms. The van der Waals surface area contributed by atoms with Crippen LogP contribution in [0.4, 0.5) is 0 Å². The Bertz CT molecular complexity index is 858. The molecule has 0 radical (unpaired) electrons. The van der Waals surface area contributed by atoms with Crippen LogP contribution in [0.15, 0.2) is 53.1 Å². The molecule has 2 aromatic heterocycles. The van der Waals surface area contributed by atoms with Crippen LogP contribution in [-0.2, 0) is 0 Å². The van der Waals surface area contributed by atoms with Crippen LogP contribution in [0.5, 0.6) is 0 Å². The summed E-state index contributed by atoms with van der Waals surface area (Å²) in [6.07, 6.45) is 11.0. The second kappa shape index (κ2) is 4.41. The molecule has 0 fully saturated rings. The van der Waals surface area contributed by atoms with Crippen molar-refractivity contribution < 1.29 is 0 Å². The van der Waals surface area contributed by atoms with Crippen molar-refractivity contribution >= 4 is 39.0 Å². The molecule has 0 unspecified atom stereocenters. The maximum atomic E-state index is 4.48. The number of rotatable bonds is 1. The van der Waals surface area contributed by atoms with E-state index in [-0.39, 0.29) is 0 Å². The van der Waals surface area contributed by atoms with E-state index >= 15 is 0 Å². The third-order valence-electron chi connectivity index (χ3n) is 3.45. The number of hydrogen-bond acceptors (Lipinski definition) is 1. The molecule has 2 nitrogen and oxygen atoms in total. The first kappa shape index (κ1) is 11.6. The lowest BCUT2D eigenvalue weighted by atomic mass is 10.1. The van der Waals surface area contributed by atoms with Gasteiger partial charge in [-0.05, 0) is 30.3 Å². The minimum Gasteiger partial charge on any atom is -0.238 e. The van der Waals surface area contributed by atoms with Crippen molar-refractivity contribution in [1.82, 2.24) is 9.55 Å². The van der Waals surface area contributed by atoms with Crippen molar-refractivity contribution in [1.29, 1.82) is 0 Å². The van der Waals surface area contributed by atoms with Crippen molar-refractivity contribution in [2.45, 2.75) is 0 Å². The lowest BCUT2D eigenvalue weighted by Gasteiger charge is -2.04. The largest absolute Gasteiger partial charge is 0.238 e. The lowest BCUT2D eigenvalue weighted by Crippen LogP contribution is -1.99. The van der Waals surface area contributed by atoms with Crippen LogP contribution >= 0.6 is 15.9 Å². The van der Waals surface area contributed by atoms with Crippen LogP contribution in [0.25, 0.3) is 28.9 Å². The predicted octanol–water partition coefficient (Wildman–Crippen LogP) is 4.63. The normalized spacial score (nSPS) is 12.4. The summed E-state index contributed by atoms with van der Waals surface area (Å²) in [5.41, 5.74) is 3.49. The van der Waals surface area contributed by atoms with Gasteiger partial charge in [0.05, 0.1) is 11.6 Å². The smallest absolute Gasteiger partial charge is 0.168 e. The van der Waals surface area contributed by atoms with Gasteiger partial charge in [-0.3, -0.25) is 0 Å². The molecule has 0 spiro atoms. The minimum atomic E-state index is 0.921. The predicted molar refractivity (Wildman–Crippen MR) is 85.5 cm³/mol. The molecule has 1 aliphatic carbocycles. The number of benzene rings is 1. The van der Waals surface area contributed by atoms with Gasteiger partial charge < -0.3 is 0 Å². The Morgan fingerprint density at radius 1 is 1.15 bits per heavy atom. The zero-order chi connectivity index (χ0) is 13.5. The summed E-state index contributed by atoms with van der Waals surface area (Å²) in [5, 5.41) is 1.22. The Morgan fingerprint density at radius 2 is 2.10 bits per heavy atom. The SMILES string of the molecule is Brc1ccc2c3c(n(-c4ccccn4)c2c1)C=[C+]C=C3. The molecular weight excluding hydrogens is 312 g/mol. The molecule has 0 saturated carbocycles. The first-order chi connectivity index (χ1) is 9.84. The summed E-state index contributed by atoms with van der Waals surface area (Å²) >= 11 is 3.55. The fourth-order valence-corrected chi connectivity index (χ4v) is 2.96. The molecule has 0 amide bonds. The summed E-state index contributed by atoms with van der Waals surface area (Å²) in [6.45, 7) is 0. The van der Waals surface area contributed by atoms with E-state index in [1.807, 2.05) is 36.5 Å². The van der Waals surface area contributed by atoms with Crippen LogP contribution in [-0.4, -0.2) is 9.55 Å². The molecule has 1 aliphatic rings. The quantitative estimate of drug-likeness (QED) is 0.597. The Morgan fingerprint density at radius 3 is 2.95 bits per heavy atom. The van der Waals surface area contributed by atoms with Gasteiger partial charge in [-0.2, -0.15) is 0 Å². The standard InChI is InChI=1S/C17H10BrN2/c18-12-8-9-14-13-5-1-2-6-15(13)20(16(14)11-12)17-7-3-4-10-19-17/h1,3-11H/q+1. The molecule has 1 aromatic carbocycles. The van der Waals surface area contributed by atoms with Crippen molar-refractivity contribution in [3.63, 3.8) is 0 Å². The second-order valence-corrected chi connectivity index (χ2v) is 5.54. The van der Waals surface area contributed by atoms with Crippen LogP contribution in [0.3, 0.4) is 0 Å². The molecule has 0 atom stereocenters. The van der Waals surface area contributed by atoms with Crippen molar-refractivity contribution in [2.24, 2.45) is 0 Å². The van der Waals surface area contributed by atoms with E-state index in [0.717, 1.165) is 21.5 Å². The number of nitrogens with zero attached hydrogens (tertiary/aromatic N) is 2. The fourth-order valence-electron chi connectivity index (χ4n) is 2.61. The van der Waals surface area contributed by atoms with Crippen molar-refractivity contribution in [3.8, 4) is 5.82 Å². The van der Waals surface area contributed by atoms with Gasteiger partial charge in [0.2, 0.25) is 0 Å². The Labute approximate surface area is 125 Å². The van der Waals surface area contributed by atoms with E-state index in [2.05, 4.69) is 55.8 Å². The third-order valence-corrected chi connectivity index (χ3v) is 3.95. The van der Waals surface area contributed by atoms with Gasteiger partial charge in [0.15, 0.2) is 5.69 Å². The van der Waals surface area contributed by atoms with Gasteiger partial charge in [-0.15, -0.1) is 0 Å². The number of pyridine rings is 1. The first-order valence-electron chi connectivity index (χ1n) is 6.36. The van der Waals surface area contributed by atoms with E-state index in [0.29, 0.717) is 0 Å². The molecule has 3 aromatic rings. The molecule has 3 heteroatoms. The first-order valence-corrected chi connectivity index (χ1v) is 7.15. The van der Waals surface area contributed by atoms with E-state index in [9.17, 15) is 0 Å². The van der Waals surface area contributed by atoms with Crippen LogP contribution in [0, 0.1) is 6.08 Å². The van der Waals surface area contributed by atoms with Crippen LogP contribution in [0.2, 0.25) is 0 Å². The summed E-state index contributed by atoms with van der Waals surface area (Å²) in [6, 6.07) is 12.3. The number of aromatic nitrogens is 2. The maximum Gasteiger partial charge on any atom is 0.168 e. The zero-order valence-corrected chi connectivity index (χ0v) is 12.1. The number of hydrogen-bond donors (Lipinski definition) is 0. The average molecular weight is 322 g/mol. The second-order valence-electron chi connectivity index (χ2n) is 4.63. The molecule has 4 rings (SSSR count). The monoisotopic (exact) mass is 321 g/mol. The van der Waals surface area contributed by atoms with Gasteiger partial charge >= 0.3 is 0 Å². The zero-order valence-electron chi connectivity index (χ0n) is 10.5. The molecular formula is C17H10BrN2+. The van der Waals surface area contributed by atoms with Gasteiger partial charge in [-0.25, -0.2) is 9.55 Å². The van der Waals surface area contributed by atoms with E-state index < -0.39 is 0 Å². The van der Waals surface area contributed by atoms with Gasteiger partial charge in [0, 0.05) is 22.1 Å². The Hall–Kier alpha value is -2.22. The van der Waals surface area contributed by atoms with E-state index in [4.69, 9.17) is 0 Å². The molecule has 0 saturated heterocycles. The highest BCUT2D eigenvalue weighted by Gasteiger charge is 2.23. The molecule has 0 bridgehead atoms. The highest BCUT2D eigenvalue weighted by atomic mass is 79.9. The summed E-state index contributed by atoms with van der Waals surface area (Å²) in [7, 11) is 0. The van der Waals surface area contributed by atoms with E-state index in [1.54, 1.807) is 0 Å². The average Bonchev–Trinajstić information content (AvgIpc) is 2.81. The number of fused-ring (bicyclic) bond motifs is 3. The Balaban J connectivity index is 2.17. The summed E-state index contributed by atoms with van der Waals surface area (Å²) in [4.78, 5) is 4.48.